The Hall–Kier alpha value is -1.36. The molecule has 1 aliphatic rings. The number of hydrogen-bond donors (Lipinski definition) is 2. The number of rotatable bonds is 5. The smallest absolute Gasteiger partial charge is 0.223 e. The van der Waals surface area contributed by atoms with Crippen LogP contribution in [0.5, 0.6) is 0 Å². The number of carbonyl (C=O) groups is 1. The summed E-state index contributed by atoms with van der Waals surface area (Å²) in [5.74, 6) is 1.81. The fourth-order valence-electron chi connectivity index (χ4n) is 2.75. The van der Waals surface area contributed by atoms with Gasteiger partial charge in [-0.1, -0.05) is 13.8 Å². The number of hydrogen-bond acceptors (Lipinski definition) is 3. The Morgan fingerprint density at radius 2 is 2.40 bits per heavy atom. The van der Waals surface area contributed by atoms with Crippen molar-refractivity contribution >= 4 is 5.91 Å². The van der Waals surface area contributed by atoms with Gasteiger partial charge in [-0.15, -0.1) is 0 Å². The van der Waals surface area contributed by atoms with E-state index in [1.54, 1.807) is 6.20 Å². The highest BCUT2D eigenvalue weighted by Gasteiger charge is 2.24. The van der Waals surface area contributed by atoms with Crippen molar-refractivity contribution in [2.24, 2.45) is 11.8 Å². The molecule has 2 N–H and O–H groups in total. The summed E-state index contributed by atoms with van der Waals surface area (Å²) in [5.41, 5.74) is 0. The fourth-order valence-corrected chi connectivity index (χ4v) is 2.75. The van der Waals surface area contributed by atoms with Gasteiger partial charge in [-0.25, -0.2) is 4.98 Å². The monoisotopic (exact) mass is 278 g/mol. The SMILES string of the molecule is CC(C)Cn1ccnc1CNC(=O)[C@H]1CCN[C@@H](C)C1. The summed E-state index contributed by atoms with van der Waals surface area (Å²) in [5, 5.41) is 6.41. The molecule has 2 heterocycles. The van der Waals surface area contributed by atoms with Crippen molar-refractivity contribution in [3.8, 4) is 0 Å². The molecular weight excluding hydrogens is 252 g/mol. The van der Waals surface area contributed by atoms with E-state index in [1.165, 1.54) is 0 Å². The second kappa shape index (κ2) is 6.88. The topological polar surface area (TPSA) is 59.0 Å². The predicted molar refractivity (Wildman–Crippen MR) is 79.1 cm³/mol. The number of aromatic nitrogens is 2. The molecule has 0 aromatic carbocycles. The molecule has 1 aromatic heterocycles. The van der Waals surface area contributed by atoms with Crippen molar-refractivity contribution in [1.29, 1.82) is 0 Å². The normalized spacial score (nSPS) is 23.0. The van der Waals surface area contributed by atoms with E-state index < -0.39 is 0 Å². The van der Waals surface area contributed by atoms with Crippen molar-refractivity contribution in [2.75, 3.05) is 6.54 Å². The van der Waals surface area contributed by atoms with Gasteiger partial charge in [0.2, 0.25) is 5.91 Å². The maximum atomic E-state index is 12.2. The van der Waals surface area contributed by atoms with Crippen LogP contribution in [0.1, 0.15) is 39.4 Å². The minimum atomic E-state index is 0.139. The predicted octanol–water partition coefficient (Wildman–Crippen LogP) is 1.54. The van der Waals surface area contributed by atoms with Gasteiger partial charge in [-0.05, 0) is 32.2 Å². The van der Waals surface area contributed by atoms with E-state index in [0.29, 0.717) is 18.5 Å². The summed E-state index contributed by atoms with van der Waals surface area (Å²) >= 11 is 0. The number of nitrogens with one attached hydrogen (secondary N) is 2. The first kappa shape index (κ1) is 15.0. The molecule has 5 nitrogen and oxygen atoms in total. The van der Waals surface area contributed by atoms with E-state index in [4.69, 9.17) is 0 Å². The molecule has 0 radical (unpaired) electrons. The van der Waals surface area contributed by atoms with Crippen LogP contribution in [0.25, 0.3) is 0 Å². The number of carbonyl (C=O) groups excluding carboxylic acids is 1. The van der Waals surface area contributed by atoms with Crippen molar-refractivity contribution in [2.45, 2.75) is 52.7 Å². The van der Waals surface area contributed by atoms with E-state index in [9.17, 15) is 4.79 Å². The van der Waals surface area contributed by atoms with Gasteiger partial charge < -0.3 is 15.2 Å². The zero-order valence-corrected chi connectivity index (χ0v) is 12.7. The van der Waals surface area contributed by atoms with Gasteiger partial charge >= 0.3 is 0 Å². The van der Waals surface area contributed by atoms with Crippen LogP contribution in [0.15, 0.2) is 12.4 Å². The quantitative estimate of drug-likeness (QED) is 0.859. The van der Waals surface area contributed by atoms with Crippen molar-refractivity contribution in [3.63, 3.8) is 0 Å². The third kappa shape index (κ3) is 4.07. The van der Waals surface area contributed by atoms with Crippen LogP contribution in [0.3, 0.4) is 0 Å². The van der Waals surface area contributed by atoms with Gasteiger partial charge in [-0.3, -0.25) is 4.79 Å². The van der Waals surface area contributed by atoms with Crippen LogP contribution in [-0.2, 0) is 17.9 Å². The summed E-state index contributed by atoms with van der Waals surface area (Å²) in [7, 11) is 0. The first-order valence-corrected chi connectivity index (χ1v) is 7.57. The van der Waals surface area contributed by atoms with Gasteiger partial charge in [0.1, 0.15) is 5.82 Å². The van der Waals surface area contributed by atoms with Crippen molar-refractivity contribution in [3.05, 3.63) is 18.2 Å². The molecule has 1 fully saturated rings. The lowest BCUT2D eigenvalue weighted by Gasteiger charge is -2.27. The molecule has 1 aliphatic heterocycles. The van der Waals surface area contributed by atoms with Gasteiger partial charge in [0.05, 0.1) is 6.54 Å². The molecule has 1 aromatic rings. The summed E-state index contributed by atoms with van der Waals surface area (Å²) < 4.78 is 2.12. The summed E-state index contributed by atoms with van der Waals surface area (Å²) in [6.45, 7) is 8.89. The molecule has 0 aliphatic carbocycles. The van der Waals surface area contributed by atoms with Crippen LogP contribution in [0.4, 0.5) is 0 Å². The molecule has 5 heteroatoms. The van der Waals surface area contributed by atoms with Crippen LogP contribution in [0.2, 0.25) is 0 Å². The minimum Gasteiger partial charge on any atom is -0.349 e. The van der Waals surface area contributed by atoms with Crippen LogP contribution < -0.4 is 10.6 Å². The van der Waals surface area contributed by atoms with Gasteiger partial charge in [0.25, 0.3) is 0 Å². The molecule has 0 bridgehead atoms. The summed E-state index contributed by atoms with van der Waals surface area (Å²) in [4.78, 5) is 16.5. The zero-order valence-electron chi connectivity index (χ0n) is 12.7. The van der Waals surface area contributed by atoms with Crippen molar-refractivity contribution < 1.29 is 4.79 Å². The minimum absolute atomic E-state index is 0.139. The number of nitrogens with zero attached hydrogens (tertiary/aromatic N) is 2. The van der Waals surface area contributed by atoms with Crippen LogP contribution >= 0.6 is 0 Å². The molecule has 1 saturated heterocycles. The third-order valence-electron chi connectivity index (χ3n) is 3.78. The maximum Gasteiger partial charge on any atom is 0.223 e. The highest BCUT2D eigenvalue weighted by Crippen LogP contribution is 2.16. The molecule has 0 saturated carbocycles. The highest BCUT2D eigenvalue weighted by molar-refractivity contribution is 5.78. The number of piperidine rings is 1. The van der Waals surface area contributed by atoms with Gasteiger partial charge in [0.15, 0.2) is 0 Å². The Bertz CT molecular complexity index is 441. The molecule has 2 rings (SSSR count). The molecule has 2 atom stereocenters. The Balaban J connectivity index is 1.85. The van der Waals surface area contributed by atoms with Crippen molar-refractivity contribution in [1.82, 2.24) is 20.2 Å². The Morgan fingerprint density at radius 3 is 3.10 bits per heavy atom. The molecule has 0 unspecified atom stereocenters. The molecule has 1 amide bonds. The molecule has 0 spiro atoms. The largest absolute Gasteiger partial charge is 0.349 e. The zero-order chi connectivity index (χ0) is 14.5. The Morgan fingerprint density at radius 1 is 1.60 bits per heavy atom. The second-order valence-electron chi connectivity index (χ2n) is 6.18. The number of imidazole rings is 1. The first-order valence-electron chi connectivity index (χ1n) is 7.57. The molecule has 112 valence electrons. The van der Waals surface area contributed by atoms with Crippen LogP contribution in [-0.4, -0.2) is 28.0 Å². The molecule has 20 heavy (non-hydrogen) atoms. The lowest BCUT2D eigenvalue weighted by molar-refractivity contribution is -0.126. The van der Waals surface area contributed by atoms with E-state index in [-0.39, 0.29) is 11.8 Å². The number of amides is 1. The average molecular weight is 278 g/mol. The first-order chi connectivity index (χ1) is 9.56. The summed E-state index contributed by atoms with van der Waals surface area (Å²) in [6, 6.07) is 0.433. The summed E-state index contributed by atoms with van der Waals surface area (Å²) in [6.07, 6.45) is 5.63. The Kier molecular flexibility index (Phi) is 5.17. The van der Waals surface area contributed by atoms with Gasteiger partial charge in [0, 0.05) is 30.9 Å². The van der Waals surface area contributed by atoms with E-state index in [2.05, 4.69) is 41.0 Å². The van der Waals surface area contributed by atoms with E-state index in [1.807, 2.05) is 6.20 Å². The standard InChI is InChI=1S/C15H26N4O/c1-11(2)10-19-7-6-17-14(19)9-18-15(20)13-4-5-16-12(3)8-13/h6-7,11-13,16H,4-5,8-10H2,1-3H3,(H,18,20)/t12-,13-/m0/s1. The fraction of sp³-hybridized carbons (Fsp3) is 0.733. The lowest BCUT2D eigenvalue weighted by Crippen LogP contribution is -2.42. The Labute approximate surface area is 121 Å². The third-order valence-corrected chi connectivity index (χ3v) is 3.78. The second-order valence-corrected chi connectivity index (χ2v) is 6.18. The highest BCUT2D eigenvalue weighted by atomic mass is 16.1. The average Bonchev–Trinajstić information content (AvgIpc) is 2.82. The van der Waals surface area contributed by atoms with E-state index >= 15 is 0 Å². The van der Waals surface area contributed by atoms with Gasteiger partial charge in [-0.2, -0.15) is 0 Å². The molecular formula is C15H26N4O. The lowest BCUT2D eigenvalue weighted by atomic mass is 9.92. The van der Waals surface area contributed by atoms with Crippen LogP contribution in [0, 0.1) is 11.8 Å². The maximum absolute atomic E-state index is 12.2. The van der Waals surface area contributed by atoms with E-state index in [0.717, 1.165) is 31.8 Å².